The van der Waals surface area contributed by atoms with Crippen molar-refractivity contribution < 1.29 is 14.4 Å². The first-order chi connectivity index (χ1) is 11.9. The summed E-state index contributed by atoms with van der Waals surface area (Å²) in [6.07, 6.45) is 2.24. The molecule has 0 fully saturated rings. The van der Waals surface area contributed by atoms with Crippen LogP contribution in [0.2, 0.25) is 0 Å². The van der Waals surface area contributed by atoms with E-state index < -0.39 is 0 Å². The van der Waals surface area contributed by atoms with Crippen molar-refractivity contribution in [2.75, 3.05) is 5.32 Å². The van der Waals surface area contributed by atoms with Crippen LogP contribution in [0.5, 0.6) is 0 Å². The van der Waals surface area contributed by atoms with Crippen LogP contribution in [-0.4, -0.2) is 28.6 Å². The maximum Gasteiger partial charge on any atom is 0.270 e. The van der Waals surface area contributed by atoms with Crippen LogP contribution in [-0.2, 0) is 0 Å². The molecule has 6 nitrogen and oxygen atoms in total. The minimum Gasteiger partial charge on any atom is -0.348 e. The molecule has 1 aromatic carbocycles. The topological polar surface area (TPSA) is 88.2 Å². The Labute approximate surface area is 146 Å². The van der Waals surface area contributed by atoms with Gasteiger partial charge in [-0.05, 0) is 56.7 Å². The minimum absolute atomic E-state index is 0.0339. The fourth-order valence-corrected chi connectivity index (χ4v) is 2.09. The molecule has 0 saturated carbocycles. The van der Waals surface area contributed by atoms with Crippen LogP contribution in [0.1, 0.15) is 58.4 Å². The van der Waals surface area contributed by atoms with E-state index in [0.717, 1.165) is 6.42 Å². The molecule has 2 N–H and O–H groups in total. The molecule has 0 bridgehead atoms. The summed E-state index contributed by atoms with van der Waals surface area (Å²) in [5.41, 5.74) is 1.67. The number of carbonyl (C=O) groups is 3. The van der Waals surface area contributed by atoms with Crippen LogP contribution in [0, 0.1) is 0 Å². The lowest BCUT2D eigenvalue weighted by Gasteiger charge is -2.11. The smallest absolute Gasteiger partial charge is 0.270 e. The van der Waals surface area contributed by atoms with E-state index in [2.05, 4.69) is 15.6 Å². The third-order valence-corrected chi connectivity index (χ3v) is 3.79. The van der Waals surface area contributed by atoms with Gasteiger partial charge in [-0.15, -0.1) is 0 Å². The average Bonchev–Trinajstić information content (AvgIpc) is 2.62. The van der Waals surface area contributed by atoms with E-state index in [9.17, 15) is 14.4 Å². The fourth-order valence-electron chi connectivity index (χ4n) is 2.09. The molecular formula is C19H21N3O3. The van der Waals surface area contributed by atoms with Gasteiger partial charge in [-0.3, -0.25) is 19.4 Å². The predicted octanol–water partition coefficient (Wildman–Crippen LogP) is 3.06. The maximum atomic E-state index is 12.3. The van der Waals surface area contributed by atoms with E-state index in [1.165, 1.54) is 19.2 Å². The van der Waals surface area contributed by atoms with Gasteiger partial charge in [0.1, 0.15) is 5.69 Å². The number of nitrogens with one attached hydrogen (secondary N) is 2. The normalized spacial score (nSPS) is 11.5. The first-order valence-corrected chi connectivity index (χ1v) is 8.10. The highest BCUT2D eigenvalue weighted by atomic mass is 16.2. The molecule has 2 rings (SSSR count). The lowest BCUT2D eigenvalue weighted by atomic mass is 10.1. The molecule has 0 saturated heterocycles. The molecular weight excluding hydrogens is 318 g/mol. The zero-order chi connectivity index (χ0) is 18.4. The van der Waals surface area contributed by atoms with Gasteiger partial charge in [-0.25, -0.2) is 0 Å². The Balaban J connectivity index is 2.10. The van der Waals surface area contributed by atoms with Gasteiger partial charge < -0.3 is 10.6 Å². The Bertz CT molecular complexity index is 785. The molecule has 1 unspecified atom stereocenters. The Kier molecular flexibility index (Phi) is 6.00. The largest absolute Gasteiger partial charge is 0.348 e. The number of hydrogen-bond acceptors (Lipinski definition) is 4. The van der Waals surface area contributed by atoms with Gasteiger partial charge >= 0.3 is 0 Å². The average molecular weight is 339 g/mol. The molecule has 2 amide bonds. The van der Waals surface area contributed by atoms with Gasteiger partial charge in [-0.1, -0.05) is 6.92 Å². The lowest BCUT2D eigenvalue weighted by molar-refractivity contribution is 0.0933. The monoisotopic (exact) mass is 339 g/mol. The predicted molar refractivity (Wildman–Crippen MR) is 95.9 cm³/mol. The van der Waals surface area contributed by atoms with Crippen molar-refractivity contribution in [3.63, 3.8) is 0 Å². The summed E-state index contributed by atoms with van der Waals surface area (Å²) in [5.74, 6) is -0.700. The molecule has 0 aliphatic heterocycles. The van der Waals surface area contributed by atoms with E-state index in [1.54, 1.807) is 30.3 Å². The van der Waals surface area contributed by atoms with Crippen LogP contribution in [0.25, 0.3) is 0 Å². The van der Waals surface area contributed by atoms with Crippen molar-refractivity contribution in [2.24, 2.45) is 0 Å². The highest BCUT2D eigenvalue weighted by molar-refractivity contribution is 6.06. The molecule has 130 valence electrons. The highest BCUT2D eigenvalue weighted by Crippen LogP contribution is 2.12. The van der Waals surface area contributed by atoms with Crippen molar-refractivity contribution >= 4 is 23.3 Å². The van der Waals surface area contributed by atoms with Gasteiger partial charge in [0.15, 0.2) is 5.78 Å². The van der Waals surface area contributed by atoms with Crippen LogP contribution in [0.4, 0.5) is 5.69 Å². The van der Waals surface area contributed by atoms with Crippen LogP contribution in [0.15, 0.2) is 42.6 Å². The van der Waals surface area contributed by atoms with Crippen LogP contribution < -0.4 is 10.6 Å². The van der Waals surface area contributed by atoms with Crippen molar-refractivity contribution in [3.8, 4) is 0 Å². The standard InChI is InChI=1S/C19H21N3O3/c1-4-12(2)21-19(25)17-11-15(9-10-20-17)18(24)22-16-7-5-14(6-8-16)13(3)23/h5-12H,4H2,1-3H3,(H,21,25)(H,22,24). The van der Waals surface area contributed by atoms with Gasteiger partial charge in [0.2, 0.25) is 0 Å². The second-order valence-electron chi connectivity index (χ2n) is 5.80. The van der Waals surface area contributed by atoms with Gasteiger partial charge in [0.25, 0.3) is 11.8 Å². The van der Waals surface area contributed by atoms with Gasteiger partial charge in [-0.2, -0.15) is 0 Å². The quantitative estimate of drug-likeness (QED) is 0.792. The number of pyridine rings is 1. The molecule has 0 aliphatic rings. The molecule has 1 heterocycles. The van der Waals surface area contributed by atoms with Crippen molar-refractivity contribution in [3.05, 3.63) is 59.4 Å². The lowest BCUT2D eigenvalue weighted by Crippen LogP contribution is -2.32. The van der Waals surface area contributed by atoms with E-state index in [4.69, 9.17) is 0 Å². The molecule has 25 heavy (non-hydrogen) atoms. The summed E-state index contributed by atoms with van der Waals surface area (Å²) in [6.45, 7) is 5.36. The fraction of sp³-hybridized carbons (Fsp3) is 0.263. The first kappa shape index (κ1) is 18.3. The number of anilines is 1. The first-order valence-electron chi connectivity index (χ1n) is 8.10. The second kappa shape index (κ2) is 8.19. The Hall–Kier alpha value is -3.02. The number of nitrogens with zero attached hydrogens (tertiary/aromatic N) is 1. The number of amides is 2. The van der Waals surface area contributed by atoms with Crippen molar-refractivity contribution in [1.82, 2.24) is 10.3 Å². The van der Waals surface area contributed by atoms with Crippen molar-refractivity contribution in [1.29, 1.82) is 0 Å². The zero-order valence-corrected chi connectivity index (χ0v) is 14.5. The zero-order valence-electron chi connectivity index (χ0n) is 14.5. The summed E-state index contributed by atoms with van der Waals surface area (Å²) in [7, 11) is 0. The summed E-state index contributed by atoms with van der Waals surface area (Å²) in [5, 5.41) is 5.55. The van der Waals surface area contributed by atoms with E-state index in [1.807, 2.05) is 13.8 Å². The molecule has 0 radical (unpaired) electrons. The summed E-state index contributed by atoms with van der Waals surface area (Å²) in [6, 6.07) is 9.65. The third-order valence-electron chi connectivity index (χ3n) is 3.79. The summed E-state index contributed by atoms with van der Waals surface area (Å²) in [4.78, 5) is 39.7. The Morgan fingerprint density at radius 2 is 1.72 bits per heavy atom. The number of ketones is 1. The SMILES string of the molecule is CCC(C)NC(=O)c1cc(C(=O)Nc2ccc(C(C)=O)cc2)ccn1. The maximum absolute atomic E-state index is 12.3. The number of carbonyl (C=O) groups excluding carboxylic acids is 3. The molecule has 0 spiro atoms. The van der Waals surface area contributed by atoms with E-state index in [0.29, 0.717) is 16.8 Å². The van der Waals surface area contributed by atoms with Gasteiger partial charge in [0, 0.05) is 29.1 Å². The second-order valence-corrected chi connectivity index (χ2v) is 5.80. The summed E-state index contributed by atoms with van der Waals surface area (Å²) < 4.78 is 0. The molecule has 0 aliphatic carbocycles. The highest BCUT2D eigenvalue weighted by Gasteiger charge is 2.13. The third kappa shape index (κ3) is 4.97. The van der Waals surface area contributed by atoms with Gasteiger partial charge in [0.05, 0.1) is 0 Å². The van der Waals surface area contributed by atoms with E-state index in [-0.39, 0.29) is 29.3 Å². The van der Waals surface area contributed by atoms with Crippen LogP contribution >= 0.6 is 0 Å². The molecule has 1 atom stereocenters. The number of Topliss-reactive ketones (excluding diaryl/α,β-unsaturated/α-hetero) is 1. The van der Waals surface area contributed by atoms with Crippen LogP contribution in [0.3, 0.4) is 0 Å². The number of aromatic nitrogens is 1. The molecule has 6 heteroatoms. The number of hydrogen-bond donors (Lipinski definition) is 2. The Morgan fingerprint density at radius 3 is 2.32 bits per heavy atom. The van der Waals surface area contributed by atoms with E-state index >= 15 is 0 Å². The summed E-state index contributed by atoms with van der Waals surface area (Å²) >= 11 is 0. The number of benzene rings is 1. The Morgan fingerprint density at radius 1 is 1.04 bits per heavy atom. The molecule has 1 aromatic heterocycles. The molecule has 2 aromatic rings. The minimum atomic E-state index is -0.351. The van der Waals surface area contributed by atoms with Crippen molar-refractivity contribution in [2.45, 2.75) is 33.2 Å². The number of rotatable bonds is 6.